The zero-order chi connectivity index (χ0) is 26.5. The Hall–Kier alpha value is -1.36. The van der Waals surface area contributed by atoms with E-state index in [1.807, 2.05) is 13.8 Å². The van der Waals surface area contributed by atoms with Crippen LogP contribution in [-0.2, 0) is 19.1 Å². The average molecular weight is 503 g/mol. The lowest BCUT2D eigenvalue weighted by Crippen LogP contribution is -2.51. The lowest BCUT2D eigenvalue weighted by atomic mass is 9.47. The molecule has 1 N–H and O–H groups in total. The van der Waals surface area contributed by atoms with E-state index in [0.717, 1.165) is 25.7 Å². The van der Waals surface area contributed by atoms with Gasteiger partial charge >= 0.3 is 11.9 Å². The van der Waals surface area contributed by atoms with Gasteiger partial charge in [0.05, 0.1) is 5.60 Å². The average Bonchev–Trinajstić information content (AvgIpc) is 3.12. The van der Waals surface area contributed by atoms with Gasteiger partial charge in [-0.15, -0.1) is 0 Å². The first-order valence-electron chi connectivity index (χ1n) is 14.5. The van der Waals surface area contributed by atoms with Crippen LogP contribution in [0.3, 0.4) is 0 Å². The summed E-state index contributed by atoms with van der Waals surface area (Å²) in [6, 6.07) is 0. The SMILES string of the molecule is CC(=O)OC(CCC(C)(C)O)[C@@H](C)[C@H]1CC[C@H]2[C@@H]3CC=C4C[C@@H](OC(C)=O)CC[C@]4(C)[C@H]3CC[C@]12C. The molecule has 0 aromatic heterocycles. The fourth-order valence-corrected chi connectivity index (χ4v) is 9.26. The molecule has 0 heterocycles. The molecule has 0 spiro atoms. The predicted molar refractivity (Wildman–Crippen MR) is 141 cm³/mol. The third-order valence-corrected chi connectivity index (χ3v) is 11.0. The number of ether oxygens (including phenoxy) is 2. The van der Waals surface area contributed by atoms with Gasteiger partial charge < -0.3 is 14.6 Å². The van der Waals surface area contributed by atoms with Crippen LogP contribution < -0.4 is 0 Å². The van der Waals surface area contributed by atoms with Crippen LogP contribution in [0.5, 0.6) is 0 Å². The number of fused-ring (bicyclic) bond motifs is 5. The number of hydrogen-bond acceptors (Lipinski definition) is 5. The first kappa shape index (κ1) is 27.7. The number of aliphatic hydroxyl groups is 1. The Bertz CT molecular complexity index is 871. The summed E-state index contributed by atoms with van der Waals surface area (Å²) in [5, 5.41) is 10.3. The molecule has 0 bridgehead atoms. The summed E-state index contributed by atoms with van der Waals surface area (Å²) < 4.78 is 11.5. The first-order chi connectivity index (χ1) is 16.7. The molecular formula is C31H50O5. The molecule has 4 rings (SSSR count). The number of carbonyl (C=O) groups is 2. The molecule has 204 valence electrons. The summed E-state index contributed by atoms with van der Waals surface area (Å²) >= 11 is 0. The molecule has 0 saturated heterocycles. The van der Waals surface area contributed by atoms with Gasteiger partial charge in [0, 0.05) is 20.3 Å². The van der Waals surface area contributed by atoms with E-state index in [1.54, 1.807) is 0 Å². The topological polar surface area (TPSA) is 72.8 Å². The maximum Gasteiger partial charge on any atom is 0.302 e. The van der Waals surface area contributed by atoms with E-state index in [-0.39, 0.29) is 40.9 Å². The minimum atomic E-state index is -0.756. The highest BCUT2D eigenvalue weighted by molar-refractivity contribution is 5.66. The van der Waals surface area contributed by atoms with Gasteiger partial charge in [-0.1, -0.05) is 32.4 Å². The van der Waals surface area contributed by atoms with Crippen molar-refractivity contribution in [3.8, 4) is 0 Å². The van der Waals surface area contributed by atoms with Gasteiger partial charge in [0.2, 0.25) is 0 Å². The van der Waals surface area contributed by atoms with Crippen molar-refractivity contribution in [2.24, 2.45) is 40.4 Å². The summed E-state index contributed by atoms with van der Waals surface area (Å²) in [4.78, 5) is 23.5. The van der Waals surface area contributed by atoms with E-state index in [0.29, 0.717) is 36.5 Å². The molecule has 0 amide bonds. The van der Waals surface area contributed by atoms with Crippen molar-refractivity contribution in [2.75, 3.05) is 0 Å². The van der Waals surface area contributed by atoms with E-state index in [9.17, 15) is 14.7 Å². The third kappa shape index (κ3) is 5.28. The minimum absolute atomic E-state index is 0.0473. The Kier molecular flexibility index (Phi) is 7.74. The van der Waals surface area contributed by atoms with Gasteiger partial charge in [0.15, 0.2) is 0 Å². The number of esters is 2. The van der Waals surface area contributed by atoms with Gasteiger partial charge in [0.25, 0.3) is 0 Å². The van der Waals surface area contributed by atoms with Crippen molar-refractivity contribution in [3.63, 3.8) is 0 Å². The van der Waals surface area contributed by atoms with Crippen LogP contribution in [0.1, 0.15) is 113 Å². The van der Waals surface area contributed by atoms with Gasteiger partial charge in [-0.05, 0) is 112 Å². The molecule has 0 radical (unpaired) electrons. The van der Waals surface area contributed by atoms with E-state index < -0.39 is 5.60 Å². The first-order valence-corrected chi connectivity index (χ1v) is 14.5. The Labute approximate surface area is 218 Å². The molecule has 4 aliphatic carbocycles. The van der Waals surface area contributed by atoms with Crippen molar-refractivity contribution in [3.05, 3.63) is 11.6 Å². The normalized spacial score (nSPS) is 39.7. The summed E-state index contributed by atoms with van der Waals surface area (Å²) in [7, 11) is 0. The predicted octanol–water partition coefficient (Wildman–Crippen LogP) is 6.62. The highest BCUT2D eigenvalue weighted by atomic mass is 16.5. The maximum atomic E-state index is 12.0. The lowest BCUT2D eigenvalue weighted by Gasteiger charge is -2.58. The zero-order valence-corrected chi connectivity index (χ0v) is 23.8. The Morgan fingerprint density at radius 1 is 1.08 bits per heavy atom. The van der Waals surface area contributed by atoms with Crippen molar-refractivity contribution in [1.82, 2.24) is 0 Å². The molecule has 3 saturated carbocycles. The molecular weight excluding hydrogens is 452 g/mol. The second-order valence-electron chi connectivity index (χ2n) is 13.8. The Morgan fingerprint density at radius 2 is 1.81 bits per heavy atom. The van der Waals surface area contributed by atoms with Gasteiger partial charge in [-0.2, -0.15) is 0 Å². The van der Waals surface area contributed by atoms with Gasteiger partial charge in [0.1, 0.15) is 12.2 Å². The molecule has 0 aromatic carbocycles. The fourth-order valence-electron chi connectivity index (χ4n) is 9.26. The van der Waals surface area contributed by atoms with Crippen LogP contribution in [0.15, 0.2) is 11.6 Å². The van der Waals surface area contributed by atoms with E-state index in [4.69, 9.17) is 9.47 Å². The number of hydrogen-bond donors (Lipinski definition) is 1. The summed E-state index contributed by atoms with van der Waals surface area (Å²) in [6.07, 6.45) is 12.9. The highest BCUT2D eigenvalue weighted by Crippen LogP contribution is 2.67. The van der Waals surface area contributed by atoms with Crippen molar-refractivity contribution >= 4 is 11.9 Å². The number of allylic oxidation sites excluding steroid dienone is 1. The van der Waals surface area contributed by atoms with Crippen LogP contribution >= 0.6 is 0 Å². The van der Waals surface area contributed by atoms with Crippen LogP contribution in [0.2, 0.25) is 0 Å². The summed E-state index contributed by atoms with van der Waals surface area (Å²) in [5.74, 6) is 2.57. The van der Waals surface area contributed by atoms with Crippen LogP contribution in [0.4, 0.5) is 0 Å². The van der Waals surface area contributed by atoms with E-state index >= 15 is 0 Å². The fraction of sp³-hybridized carbons (Fsp3) is 0.871. The zero-order valence-electron chi connectivity index (χ0n) is 23.8. The largest absolute Gasteiger partial charge is 0.462 e. The molecule has 9 atom stereocenters. The van der Waals surface area contributed by atoms with Crippen molar-refractivity contribution < 1.29 is 24.2 Å². The summed E-state index contributed by atoms with van der Waals surface area (Å²) in [6.45, 7) is 14.0. The number of carbonyl (C=O) groups excluding carboxylic acids is 2. The number of rotatable bonds is 7. The highest BCUT2D eigenvalue weighted by Gasteiger charge is 2.60. The molecule has 0 aliphatic heterocycles. The summed E-state index contributed by atoms with van der Waals surface area (Å²) in [5.41, 5.74) is 1.28. The molecule has 36 heavy (non-hydrogen) atoms. The van der Waals surface area contributed by atoms with Gasteiger partial charge in [-0.25, -0.2) is 0 Å². The molecule has 5 heteroatoms. The molecule has 1 unspecified atom stereocenters. The molecule has 0 aromatic rings. The molecule has 5 nitrogen and oxygen atoms in total. The van der Waals surface area contributed by atoms with E-state index in [2.05, 4.69) is 26.8 Å². The Morgan fingerprint density at radius 3 is 2.44 bits per heavy atom. The van der Waals surface area contributed by atoms with Crippen LogP contribution in [0, 0.1) is 40.4 Å². The maximum absolute atomic E-state index is 12.0. The van der Waals surface area contributed by atoms with Crippen LogP contribution in [-0.4, -0.2) is 34.9 Å². The van der Waals surface area contributed by atoms with Crippen molar-refractivity contribution in [1.29, 1.82) is 0 Å². The minimum Gasteiger partial charge on any atom is -0.462 e. The Balaban J connectivity index is 1.51. The van der Waals surface area contributed by atoms with Gasteiger partial charge in [-0.3, -0.25) is 9.59 Å². The third-order valence-electron chi connectivity index (χ3n) is 11.0. The molecule has 4 aliphatic rings. The lowest BCUT2D eigenvalue weighted by molar-refractivity contribution is -0.153. The van der Waals surface area contributed by atoms with Crippen LogP contribution in [0.25, 0.3) is 0 Å². The van der Waals surface area contributed by atoms with E-state index in [1.165, 1.54) is 45.1 Å². The quantitative estimate of drug-likeness (QED) is 0.313. The second-order valence-corrected chi connectivity index (χ2v) is 13.8. The molecule has 3 fully saturated rings. The van der Waals surface area contributed by atoms with Crippen molar-refractivity contribution in [2.45, 2.75) is 130 Å². The monoisotopic (exact) mass is 502 g/mol. The standard InChI is InChI=1S/C31H50O5/c1-19(28(36-21(3)33)14-15-29(4,5)34)25-10-11-26-24-9-8-22-18-23(35-20(2)32)12-16-30(22,6)27(24)13-17-31(25,26)7/h8,19,23-28,34H,9-18H2,1-7H3/t19-,23-,24-,25+,26-,27-,28?,30-,31+/m0/s1. The smallest absolute Gasteiger partial charge is 0.302 e. The second kappa shape index (κ2) is 10.1.